The van der Waals surface area contributed by atoms with Gasteiger partial charge < -0.3 is 10.6 Å². The van der Waals surface area contributed by atoms with Crippen molar-refractivity contribution < 1.29 is 4.79 Å². The highest BCUT2D eigenvalue weighted by atomic mass is 16.2. The summed E-state index contributed by atoms with van der Waals surface area (Å²) < 4.78 is 0. The molecule has 1 amide bonds. The third kappa shape index (κ3) is 2.99. The first-order valence-corrected chi connectivity index (χ1v) is 6.68. The number of aryl methyl sites for hydroxylation is 1. The topological polar surface area (TPSA) is 46.3 Å². The molecular weight excluding hydrogens is 248 g/mol. The van der Waals surface area contributed by atoms with Gasteiger partial charge in [0.2, 0.25) is 5.91 Å². The number of benzene rings is 2. The first kappa shape index (κ1) is 14.1. The molecule has 2 N–H and O–H groups in total. The molecule has 1 atom stereocenters. The first-order valence-electron chi connectivity index (χ1n) is 6.68. The van der Waals surface area contributed by atoms with Gasteiger partial charge in [0.15, 0.2) is 0 Å². The quantitative estimate of drug-likeness (QED) is 0.868. The molecule has 0 spiro atoms. The van der Waals surface area contributed by atoms with Crippen molar-refractivity contribution in [1.29, 1.82) is 0 Å². The van der Waals surface area contributed by atoms with Crippen LogP contribution in [0.4, 0.5) is 11.4 Å². The van der Waals surface area contributed by atoms with Crippen LogP contribution in [0.15, 0.2) is 48.5 Å². The number of nitrogens with zero attached hydrogens (tertiary/aromatic N) is 1. The van der Waals surface area contributed by atoms with Crippen LogP contribution in [0, 0.1) is 6.92 Å². The Kier molecular flexibility index (Phi) is 4.08. The highest BCUT2D eigenvalue weighted by molar-refractivity contribution is 5.97. The van der Waals surface area contributed by atoms with E-state index in [0.717, 1.165) is 16.8 Å². The molecule has 2 aromatic rings. The average Bonchev–Trinajstić information content (AvgIpc) is 2.45. The molecule has 0 heterocycles. The zero-order valence-corrected chi connectivity index (χ0v) is 12.1. The van der Waals surface area contributed by atoms with Crippen molar-refractivity contribution >= 4 is 17.3 Å². The van der Waals surface area contributed by atoms with E-state index in [4.69, 9.17) is 5.73 Å². The second kappa shape index (κ2) is 5.78. The lowest BCUT2D eigenvalue weighted by atomic mass is 9.99. The molecule has 0 saturated carbocycles. The normalized spacial score (nSPS) is 11.9. The molecule has 20 heavy (non-hydrogen) atoms. The predicted molar refractivity (Wildman–Crippen MR) is 83.9 cm³/mol. The summed E-state index contributed by atoms with van der Waals surface area (Å²) in [5, 5.41) is 0. The van der Waals surface area contributed by atoms with E-state index in [1.54, 1.807) is 11.9 Å². The lowest BCUT2D eigenvalue weighted by Crippen LogP contribution is -2.30. The molecule has 0 saturated heterocycles. The van der Waals surface area contributed by atoms with Crippen LogP contribution >= 0.6 is 0 Å². The van der Waals surface area contributed by atoms with Crippen LogP contribution in [0.3, 0.4) is 0 Å². The minimum atomic E-state index is -0.219. The van der Waals surface area contributed by atoms with Gasteiger partial charge in [-0.3, -0.25) is 4.79 Å². The summed E-state index contributed by atoms with van der Waals surface area (Å²) in [5.41, 5.74) is 9.44. The highest BCUT2D eigenvalue weighted by Crippen LogP contribution is 2.23. The number of hydrogen-bond donors (Lipinski definition) is 1. The Hall–Kier alpha value is -2.29. The third-order valence-electron chi connectivity index (χ3n) is 3.50. The van der Waals surface area contributed by atoms with Crippen molar-refractivity contribution in [3.8, 4) is 0 Å². The van der Waals surface area contributed by atoms with Gasteiger partial charge >= 0.3 is 0 Å². The molecular formula is C17H20N2O. The van der Waals surface area contributed by atoms with Gasteiger partial charge in [-0.25, -0.2) is 0 Å². The third-order valence-corrected chi connectivity index (χ3v) is 3.50. The summed E-state index contributed by atoms with van der Waals surface area (Å²) in [4.78, 5) is 14.2. The molecule has 2 aromatic carbocycles. The van der Waals surface area contributed by atoms with Crippen LogP contribution in [-0.4, -0.2) is 13.0 Å². The lowest BCUT2D eigenvalue weighted by molar-refractivity contribution is -0.119. The molecule has 3 nitrogen and oxygen atoms in total. The number of carbonyl (C=O) groups is 1. The summed E-state index contributed by atoms with van der Waals surface area (Å²) in [6.07, 6.45) is 0. The van der Waals surface area contributed by atoms with Gasteiger partial charge in [0.25, 0.3) is 0 Å². The molecule has 0 radical (unpaired) electrons. The van der Waals surface area contributed by atoms with E-state index in [2.05, 4.69) is 0 Å². The molecule has 3 heteroatoms. The van der Waals surface area contributed by atoms with Crippen molar-refractivity contribution in [3.63, 3.8) is 0 Å². The van der Waals surface area contributed by atoms with Gasteiger partial charge in [0.05, 0.1) is 5.92 Å². The molecule has 0 aromatic heterocycles. The summed E-state index contributed by atoms with van der Waals surface area (Å²) in [7, 11) is 1.81. The fourth-order valence-electron chi connectivity index (χ4n) is 2.23. The maximum Gasteiger partial charge on any atom is 0.233 e. The van der Waals surface area contributed by atoms with Crippen molar-refractivity contribution in [2.24, 2.45) is 0 Å². The van der Waals surface area contributed by atoms with Gasteiger partial charge in [0.1, 0.15) is 0 Å². The standard InChI is InChI=1S/C17H20N2O/c1-12-6-4-9-16(10-12)19(3)17(20)13(2)14-7-5-8-15(18)11-14/h4-11,13H,18H2,1-3H3. The molecule has 0 aliphatic rings. The number of anilines is 2. The largest absolute Gasteiger partial charge is 0.399 e. The molecule has 1 unspecified atom stereocenters. The molecule has 0 aliphatic carbocycles. The number of hydrogen-bond acceptors (Lipinski definition) is 2. The zero-order chi connectivity index (χ0) is 14.7. The van der Waals surface area contributed by atoms with E-state index in [1.165, 1.54) is 0 Å². The van der Waals surface area contributed by atoms with E-state index in [9.17, 15) is 4.79 Å². The van der Waals surface area contributed by atoms with Crippen molar-refractivity contribution in [1.82, 2.24) is 0 Å². The van der Waals surface area contributed by atoms with E-state index in [0.29, 0.717) is 5.69 Å². The lowest BCUT2D eigenvalue weighted by Gasteiger charge is -2.22. The Bertz CT molecular complexity index is 568. The van der Waals surface area contributed by atoms with Crippen LogP contribution in [0.2, 0.25) is 0 Å². The summed E-state index contributed by atoms with van der Waals surface area (Å²) >= 11 is 0. The molecule has 104 valence electrons. The first-order chi connectivity index (χ1) is 9.49. The Morgan fingerprint density at radius 3 is 2.50 bits per heavy atom. The SMILES string of the molecule is Cc1cccc(N(C)C(=O)C(C)c2cccc(N)c2)c1. The maximum atomic E-state index is 12.6. The molecule has 2 rings (SSSR count). The van der Waals surface area contributed by atoms with Crippen molar-refractivity contribution in [3.05, 3.63) is 59.7 Å². The molecule has 0 bridgehead atoms. The van der Waals surface area contributed by atoms with E-state index in [-0.39, 0.29) is 11.8 Å². The van der Waals surface area contributed by atoms with Crippen LogP contribution in [0.25, 0.3) is 0 Å². The van der Waals surface area contributed by atoms with Gasteiger partial charge in [-0.1, -0.05) is 24.3 Å². The Morgan fingerprint density at radius 2 is 1.85 bits per heavy atom. The second-order valence-corrected chi connectivity index (χ2v) is 5.13. The minimum Gasteiger partial charge on any atom is -0.399 e. The van der Waals surface area contributed by atoms with E-state index in [1.807, 2.05) is 62.4 Å². The average molecular weight is 268 g/mol. The number of likely N-dealkylation sites (N-methyl/N-ethyl adjacent to an activating group) is 1. The summed E-state index contributed by atoms with van der Waals surface area (Å²) in [6, 6.07) is 15.4. The van der Waals surface area contributed by atoms with E-state index >= 15 is 0 Å². The smallest absolute Gasteiger partial charge is 0.233 e. The monoisotopic (exact) mass is 268 g/mol. The van der Waals surface area contributed by atoms with Crippen LogP contribution in [0.5, 0.6) is 0 Å². The fraction of sp³-hybridized carbons (Fsp3) is 0.235. The number of carbonyl (C=O) groups excluding carboxylic acids is 1. The van der Waals surface area contributed by atoms with Gasteiger partial charge in [-0.05, 0) is 49.2 Å². The van der Waals surface area contributed by atoms with Crippen LogP contribution in [0.1, 0.15) is 24.0 Å². The van der Waals surface area contributed by atoms with Crippen LogP contribution < -0.4 is 10.6 Å². The van der Waals surface area contributed by atoms with Crippen molar-refractivity contribution in [2.75, 3.05) is 17.7 Å². The number of nitrogen functional groups attached to an aromatic ring is 1. The predicted octanol–water partition coefficient (Wildman–Crippen LogP) is 3.34. The second-order valence-electron chi connectivity index (χ2n) is 5.13. The Morgan fingerprint density at radius 1 is 1.15 bits per heavy atom. The van der Waals surface area contributed by atoms with Crippen LogP contribution in [-0.2, 0) is 4.79 Å². The number of rotatable bonds is 3. The summed E-state index contributed by atoms with van der Waals surface area (Å²) in [5.74, 6) is -0.162. The zero-order valence-electron chi connectivity index (χ0n) is 12.1. The summed E-state index contributed by atoms with van der Waals surface area (Å²) in [6.45, 7) is 3.92. The fourth-order valence-corrected chi connectivity index (χ4v) is 2.23. The molecule has 0 fully saturated rings. The number of amides is 1. The highest BCUT2D eigenvalue weighted by Gasteiger charge is 2.20. The van der Waals surface area contributed by atoms with Gasteiger partial charge in [0, 0.05) is 18.4 Å². The van der Waals surface area contributed by atoms with Gasteiger partial charge in [-0.2, -0.15) is 0 Å². The Balaban J connectivity index is 2.22. The number of nitrogens with two attached hydrogens (primary N) is 1. The van der Waals surface area contributed by atoms with E-state index < -0.39 is 0 Å². The Labute approximate surface area is 120 Å². The maximum absolute atomic E-state index is 12.6. The van der Waals surface area contributed by atoms with Gasteiger partial charge in [-0.15, -0.1) is 0 Å². The minimum absolute atomic E-state index is 0.0567. The molecule has 0 aliphatic heterocycles. The van der Waals surface area contributed by atoms with Crippen molar-refractivity contribution in [2.45, 2.75) is 19.8 Å².